The number of amides is 1. The fourth-order valence-corrected chi connectivity index (χ4v) is 1.69. The van der Waals surface area contributed by atoms with Crippen LogP contribution in [0.2, 0.25) is 0 Å². The predicted molar refractivity (Wildman–Crippen MR) is 57.8 cm³/mol. The van der Waals surface area contributed by atoms with Crippen molar-refractivity contribution in [3.63, 3.8) is 0 Å². The Labute approximate surface area is 94.8 Å². The number of aliphatic hydroxyl groups is 1. The Morgan fingerprint density at radius 2 is 1.81 bits per heavy atom. The van der Waals surface area contributed by atoms with Crippen LogP contribution in [0.4, 0.5) is 0 Å². The molecule has 0 aromatic carbocycles. The standard InChI is InChI=1S/C11H19NO4/c1-10(2,16)6-11(3,9(14)15)8(13)12-7-4-5-7/h7,16H,4-6H2,1-3H3,(H,12,13)(H,14,15). The quantitative estimate of drug-likeness (QED) is 0.600. The molecule has 1 aliphatic rings. The minimum Gasteiger partial charge on any atom is -0.480 e. The molecule has 1 amide bonds. The number of hydrogen-bond donors (Lipinski definition) is 3. The Morgan fingerprint density at radius 3 is 2.12 bits per heavy atom. The molecule has 1 rings (SSSR count). The van der Waals surface area contributed by atoms with Crippen LogP contribution in [0.3, 0.4) is 0 Å². The lowest BCUT2D eigenvalue weighted by atomic mass is 9.79. The Morgan fingerprint density at radius 1 is 1.31 bits per heavy atom. The number of carboxylic acid groups (broad SMARTS) is 1. The van der Waals surface area contributed by atoms with Gasteiger partial charge in [-0.1, -0.05) is 0 Å². The number of aliphatic carboxylic acids is 1. The van der Waals surface area contributed by atoms with E-state index in [0.717, 1.165) is 12.8 Å². The minimum atomic E-state index is -1.57. The van der Waals surface area contributed by atoms with Crippen LogP contribution in [-0.4, -0.2) is 33.7 Å². The number of carbonyl (C=O) groups is 2. The average molecular weight is 229 g/mol. The fraction of sp³-hybridized carbons (Fsp3) is 0.818. The van der Waals surface area contributed by atoms with Gasteiger partial charge in [0.25, 0.3) is 0 Å². The lowest BCUT2D eigenvalue weighted by molar-refractivity contribution is -0.158. The van der Waals surface area contributed by atoms with Crippen LogP contribution in [0.1, 0.15) is 40.0 Å². The van der Waals surface area contributed by atoms with E-state index in [-0.39, 0.29) is 12.5 Å². The van der Waals surface area contributed by atoms with Crippen molar-refractivity contribution in [1.82, 2.24) is 5.32 Å². The van der Waals surface area contributed by atoms with E-state index in [1.54, 1.807) is 0 Å². The van der Waals surface area contributed by atoms with Gasteiger partial charge in [0.15, 0.2) is 0 Å². The van der Waals surface area contributed by atoms with E-state index in [4.69, 9.17) is 5.11 Å². The Kier molecular flexibility index (Phi) is 3.28. The minimum absolute atomic E-state index is 0.103. The van der Waals surface area contributed by atoms with Gasteiger partial charge in [-0.2, -0.15) is 0 Å². The molecule has 92 valence electrons. The van der Waals surface area contributed by atoms with Crippen molar-refractivity contribution in [3.8, 4) is 0 Å². The summed E-state index contributed by atoms with van der Waals surface area (Å²) in [6.07, 6.45) is 1.71. The van der Waals surface area contributed by atoms with Crippen LogP contribution in [0.15, 0.2) is 0 Å². The molecule has 0 spiro atoms. The SMILES string of the molecule is CC(C)(O)CC(C)(C(=O)O)C(=O)NC1CC1. The number of carbonyl (C=O) groups excluding carboxylic acids is 1. The smallest absolute Gasteiger partial charge is 0.319 e. The van der Waals surface area contributed by atoms with Crippen LogP contribution in [-0.2, 0) is 9.59 Å². The molecule has 0 saturated heterocycles. The average Bonchev–Trinajstić information content (AvgIpc) is 2.84. The highest BCUT2D eigenvalue weighted by molar-refractivity contribution is 6.01. The van der Waals surface area contributed by atoms with Gasteiger partial charge in [-0.05, 0) is 33.6 Å². The third kappa shape index (κ3) is 3.20. The molecule has 1 fully saturated rings. The molecule has 1 saturated carbocycles. The van der Waals surface area contributed by atoms with Gasteiger partial charge in [-0.3, -0.25) is 9.59 Å². The molecule has 0 bridgehead atoms. The molecule has 5 heteroatoms. The molecule has 1 unspecified atom stereocenters. The van der Waals surface area contributed by atoms with E-state index >= 15 is 0 Å². The molecule has 0 aliphatic heterocycles. The summed E-state index contributed by atoms with van der Waals surface area (Å²) in [5.41, 5.74) is -2.76. The third-order valence-corrected chi connectivity index (χ3v) is 2.67. The highest BCUT2D eigenvalue weighted by atomic mass is 16.4. The first kappa shape index (κ1) is 13.0. The molecule has 5 nitrogen and oxygen atoms in total. The van der Waals surface area contributed by atoms with E-state index in [2.05, 4.69) is 5.32 Å². The molecular formula is C11H19NO4. The predicted octanol–water partition coefficient (Wildman–Crippen LogP) is 0.517. The van der Waals surface area contributed by atoms with E-state index < -0.39 is 22.9 Å². The largest absolute Gasteiger partial charge is 0.480 e. The van der Waals surface area contributed by atoms with Crippen LogP contribution in [0.5, 0.6) is 0 Å². The van der Waals surface area contributed by atoms with Crippen molar-refractivity contribution in [3.05, 3.63) is 0 Å². The number of carboxylic acids is 1. The summed E-state index contributed by atoms with van der Waals surface area (Å²) in [6.45, 7) is 4.35. The van der Waals surface area contributed by atoms with Crippen molar-refractivity contribution < 1.29 is 19.8 Å². The summed E-state index contributed by atoms with van der Waals surface area (Å²) >= 11 is 0. The molecule has 0 aromatic rings. The van der Waals surface area contributed by atoms with Gasteiger partial charge in [-0.25, -0.2) is 0 Å². The summed E-state index contributed by atoms with van der Waals surface area (Å²) in [5.74, 6) is -1.71. The number of hydrogen-bond acceptors (Lipinski definition) is 3. The normalized spacial score (nSPS) is 20.0. The lowest BCUT2D eigenvalue weighted by Crippen LogP contribution is -2.48. The molecule has 0 radical (unpaired) electrons. The third-order valence-electron chi connectivity index (χ3n) is 2.67. The molecule has 0 aromatic heterocycles. The molecule has 16 heavy (non-hydrogen) atoms. The van der Waals surface area contributed by atoms with E-state index in [0.29, 0.717) is 0 Å². The van der Waals surface area contributed by atoms with Crippen molar-refractivity contribution >= 4 is 11.9 Å². The Hall–Kier alpha value is -1.10. The van der Waals surface area contributed by atoms with Gasteiger partial charge >= 0.3 is 5.97 Å². The zero-order chi connectivity index (χ0) is 12.6. The lowest BCUT2D eigenvalue weighted by Gasteiger charge is -2.30. The monoisotopic (exact) mass is 229 g/mol. The maximum Gasteiger partial charge on any atom is 0.319 e. The number of nitrogens with one attached hydrogen (secondary N) is 1. The molecule has 3 N–H and O–H groups in total. The first-order valence-corrected chi connectivity index (χ1v) is 5.42. The van der Waals surface area contributed by atoms with Gasteiger partial charge in [0.1, 0.15) is 5.41 Å². The van der Waals surface area contributed by atoms with E-state index in [1.165, 1.54) is 20.8 Å². The zero-order valence-corrected chi connectivity index (χ0v) is 9.91. The van der Waals surface area contributed by atoms with Crippen molar-refractivity contribution in [2.45, 2.75) is 51.7 Å². The molecular weight excluding hydrogens is 210 g/mol. The first-order chi connectivity index (χ1) is 7.15. The number of rotatable bonds is 5. The summed E-state index contributed by atoms with van der Waals surface area (Å²) in [4.78, 5) is 23.0. The molecule has 1 atom stereocenters. The summed E-state index contributed by atoms with van der Waals surface area (Å²) in [6, 6.07) is 0.119. The van der Waals surface area contributed by atoms with Gasteiger partial charge < -0.3 is 15.5 Å². The van der Waals surface area contributed by atoms with Crippen molar-refractivity contribution in [2.24, 2.45) is 5.41 Å². The van der Waals surface area contributed by atoms with E-state index in [1.807, 2.05) is 0 Å². The maximum absolute atomic E-state index is 11.8. The summed E-state index contributed by atoms with van der Waals surface area (Å²) in [5, 5.41) is 21.5. The summed E-state index contributed by atoms with van der Waals surface area (Å²) in [7, 11) is 0. The van der Waals surface area contributed by atoms with Gasteiger partial charge in [0.05, 0.1) is 5.60 Å². The fourth-order valence-electron chi connectivity index (χ4n) is 1.69. The second kappa shape index (κ2) is 4.05. The highest BCUT2D eigenvalue weighted by Gasteiger charge is 2.46. The Balaban J connectivity index is 2.77. The topological polar surface area (TPSA) is 86.6 Å². The van der Waals surface area contributed by atoms with Gasteiger partial charge in [0, 0.05) is 12.5 Å². The Bertz CT molecular complexity index is 304. The van der Waals surface area contributed by atoms with Gasteiger partial charge in [0.2, 0.25) is 5.91 Å². The van der Waals surface area contributed by atoms with Crippen molar-refractivity contribution in [2.75, 3.05) is 0 Å². The maximum atomic E-state index is 11.8. The first-order valence-electron chi connectivity index (χ1n) is 5.42. The van der Waals surface area contributed by atoms with E-state index in [9.17, 15) is 14.7 Å². The highest BCUT2D eigenvalue weighted by Crippen LogP contribution is 2.30. The van der Waals surface area contributed by atoms with Crippen LogP contribution in [0.25, 0.3) is 0 Å². The zero-order valence-electron chi connectivity index (χ0n) is 9.91. The van der Waals surface area contributed by atoms with Crippen LogP contribution < -0.4 is 5.32 Å². The molecule has 1 aliphatic carbocycles. The second-order valence-electron chi connectivity index (χ2n) is 5.37. The molecule has 0 heterocycles. The van der Waals surface area contributed by atoms with Gasteiger partial charge in [-0.15, -0.1) is 0 Å². The van der Waals surface area contributed by atoms with Crippen LogP contribution in [0, 0.1) is 5.41 Å². The second-order valence-corrected chi connectivity index (χ2v) is 5.37. The van der Waals surface area contributed by atoms with Crippen LogP contribution >= 0.6 is 0 Å². The summed E-state index contributed by atoms with van der Waals surface area (Å²) < 4.78 is 0. The van der Waals surface area contributed by atoms with Crippen molar-refractivity contribution in [1.29, 1.82) is 0 Å².